The van der Waals surface area contributed by atoms with Crippen LogP contribution < -0.4 is 20.1 Å². The van der Waals surface area contributed by atoms with E-state index in [1.807, 2.05) is 24.3 Å². The number of ether oxygens (including phenoxy) is 2. The summed E-state index contributed by atoms with van der Waals surface area (Å²) in [6.07, 6.45) is -3.38. The topological polar surface area (TPSA) is 42.5 Å². The van der Waals surface area contributed by atoms with Crippen LogP contribution in [0.2, 0.25) is 0 Å². The molecule has 4 nitrogen and oxygen atoms in total. The normalized spacial score (nSPS) is 22.2. The molecule has 0 aromatic heterocycles. The minimum absolute atomic E-state index is 0.0792. The van der Waals surface area contributed by atoms with Gasteiger partial charge in [0, 0.05) is 18.6 Å². The first-order valence-electron chi connectivity index (χ1n) is 9.27. The van der Waals surface area contributed by atoms with Crippen molar-refractivity contribution in [2.75, 3.05) is 13.7 Å². The van der Waals surface area contributed by atoms with Crippen molar-refractivity contribution in [2.24, 2.45) is 0 Å². The van der Waals surface area contributed by atoms with Gasteiger partial charge in [-0.1, -0.05) is 12.1 Å². The lowest BCUT2D eigenvalue weighted by molar-refractivity contribution is -0.137. The predicted molar refractivity (Wildman–Crippen MR) is 102 cm³/mol. The van der Waals surface area contributed by atoms with Gasteiger partial charge in [0.2, 0.25) is 0 Å². The summed E-state index contributed by atoms with van der Waals surface area (Å²) in [5, 5.41) is 7.03. The summed E-state index contributed by atoms with van der Waals surface area (Å²) in [4.78, 5) is 0. The predicted octanol–water partition coefficient (Wildman–Crippen LogP) is 4.00. The lowest BCUT2D eigenvalue weighted by atomic mass is 10.1. The zero-order chi connectivity index (χ0) is 20.1. The average Bonchev–Trinajstić information content (AvgIpc) is 3.04. The quantitative estimate of drug-likeness (QED) is 0.745. The number of halogens is 3. The third-order valence-electron chi connectivity index (χ3n) is 4.93. The second kappa shape index (κ2) is 8.84. The highest BCUT2D eigenvalue weighted by Crippen LogP contribution is 2.30. The molecule has 1 fully saturated rings. The Morgan fingerprint density at radius 1 is 1.04 bits per heavy atom. The minimum atomic E-state index is -4.34. The molecule has 152 valence electrons. The molecular formula is C21H25F3N2O2. The summed E-state index contributed by atoms with van der Waals surface area (Å²) in [6.45, 7) is 3.22. The molecule has 0 spiro atoms. The van der Waals surface area contributed by atoms with E-state index in [4.69, 9.17) is 9.47 Å². The average molecular weight is 394 g/mol. The molecule has 1 saturated heterocycles. The van der Waals surface area contributed by atoms with Crippen LogP contribution in [0.3, 0.4) is 0 Å². The first-order chi connectivity index (χ1) is 13.3. The lowest BCUT2D eigenvalue weighted by Crippen LogP contribution is -2.44. The van der Waals surface area contributed by atoms with Gasteiger partial charge in [-0.15, -0.1) is 0 Å². The fourth-order valence-electron chi connectivity index (χ4n) is 3.40. The zero-order valence-corrected chi connectivity index (χ0v) is 15.9. The number of nitrogens with one attached hydrogen (secondary N) is 2. The van der Waals surface area contributed by atoms with Crippen molar-refractivity contribution >= 4 is 0 Å². The van der Waals surface area contributed by atoms with Crippen molar-refractivity contribution < 1.29 is 22.6 Å². The Labute approximate surface area is 163 Å². The van der Waals surface area contributed by atoms with Crippen LogP contribution in [0.1, 0.15) is 24.5 Å². The van der Waals surface area contributed by atoms with Crippen molar-refractivity contribution in [1.29, 1.82) is 0 Å². The van der Waals surface area contributed by atoms with E-state index in [0.717, 1.165) is 36.4 Å². The van der Waals surface area contributed by atoms with E-state index >= 15 is 0 Å². The van der Waals surface area contributed by atoms with Gasteiger partial charge in [0.15, 0.2) is 0 Å². The Morgan fingerprint density at radius 2 is 1.68 bits per heavy atom. The maximum atomic E-state index is 12.6. The largest absolute Gasteiger partial charge is 0.497 e. The Hall–Kier alpha value is -2.25. The highest BCUT2D eigenvalue weighted by molar-refractivity contribution is 5.29. The van der Waals surface area contributed by atoms with Crippen LogP contribution in [-0.2, 0) is 12.7 Å². The molecule has 0 aliphatic carbocycles. The van der Waals surface area contributed by atoms with Gasteiger partial charge in [-0.05, 0) is 55.3 Å². The molecule has 1 aliphatic rings. The molecule has 28 heavy (non-hydrogen) atoms. The van der Waals surface area contributed by atoms with Crippen LogP contribution in [0.5, 0.6) is 11.5 Å². The molecule has 3 atom stereocenters. The van der Waals surface area contributed by atoms with Crippen LogP contribution in [0.15, 0.2) is 48.5 Å². The summed E-state index contributed by atoms with van der Waals surface area (Å²) in [5.74, 6) is 1.26. The van der Waals surface area contributed by atoms with Crippen molar-refractivity contribution in [3.63, 3.8) is 0 Å². The Kier molecular flexibility index (Phi) is 6.46. The lowest BCUT2D eigenvalue weighted by Gasteiger charge is -2.21. The van der Waals surface area contributed by atoms with Crippen LogP contribution in [0, 0.1) is 0 Å². The first kappa shape index (κ1) is 20.5. The van der Waals surface area contributed by atoms with E-state index in [-0.39, 0.29) is 12.1 Å². The summed E-state index contributed by atoms with van der Waals surface area (Å²) >= 11 is 0. The molecule has 7 heteroatoms. The fraction of sp³-hybridized carbons (Fsp3) is 0.429. The molecule has 0 radical (unpaired) electrons. The molecule has 2 aromatic carbocycles. The van der Waals surface area contributed by atoms with Crippen molar-refractivity contribution in [3.05, 3.63) is 59.7 Å². The summed E-state index contributed by atoms with van der Waals surface area (Å²) in [6, 6.07) is 13.3. The molecule has 1 aliphatic heterocycles. The van der Waals surface area contributed by atoms with Crippen molar-refractivity contribution in [3.8, 4) is 11.5 Å². The molecule has 3 unspecified atom stereocenters. The van der Waals surface area contributed by atoms with Crippen LogP contribution in [0.25, 0.3) is 0 Å². The molecule has 2 N–H and O–H groups in total. The van der Waals surface area contributed by atoms with Crippen molar-refractivity contribution in [2.45, 2.75) is 44.2 Å². The van der Waals surface area contributed by atoms with Gasteiger partial charge in [-0.3, -0.25) is 0 Å². The summed E-state index contributed by atoms with van der Waals surface area (Å²) in [5.41, 5.74) is 0.481. The van der Waals surface area contributed by atoms with Gasteiger partial charge in [0.1, 0.15) is 18.1 Å². The minimum Gasteiger partial charge on any atom is -0.497 e. The van der Waals surface area contributed by atoms with Crippen LogP contribution >= 0.6 is 0 Å². The van der Waals surface area contributed by atoms with Gasteiger partial charge in [0.05, 0.1) is 18.7 Å². The van der Waals surface area contributed by atoms with Crippen molar-refractivity contribution in [1.82, 2.24) is 10.6 Å². The van der Waals surface area contributed by atoms with Gasteiger partial charge >= 0.3 is 6.18 Å². The SMILES string of the molecule is COc1ccc(CNC2CC(C)NC2COc2ccc(C(F)(F)F)cc2)cc1. The summed E-state index contributed by atoms with van der Waals surface area (Å²) in [7, 11) is 1.64. The Balaban J connectivity index is 1.53. The Bertz CT molecular complexity index is 748. The fourth-order valence-corrected chi connectivity index (χ4v) is 3.40. The number of benzene rings is 2. The zero-order valence-electron chi connectivity index (χ0n) is 15.9. The molecule has 2 aromatic rings. The molecule has 0 amide bonds. The van der Waals surface area contributed by atoms with Crippen LogP contribution in [-0.4, -0.2) is 31.8 Å². The maximum Gasteiger partial charge on any atom is 0.416 e. The first-order valence-corrected chi connectivity index (χ1v) is 9.27. The third kappa shape index (κ3) is 5.39. The Morgan fingerprint density at radius 3 is 2.29 bits per heavy atom. The standard InChI is InChI=1S/C21H25F3N2O2/c1-14-11-19(25-12-15-3-7-17(27-2)8-4-15)20(26-14)13-28-18-9-5-16(6-10-18)21(22,23)24/h3-10,14,19-20,25-26H,11-13H2,1-2H3. The molecular weight excluding hydrogens is 369 g/mol. The number of alkyl halides is 3. The second-order valence-electron chi connectivity index (χ2n) is 7.08. The van der Waals surface area contributed by atoms with Gasteiger partial charge in [0.25, 0.3) is 0 Å². The monoisotopic (exact) mass is 394 g/mol. The number of hydrogen-bond donors (Lipinski definition) is 2. The van der Waals surface area contributed by atoms with E-state index < -0.39 is 11.7 Å². The van der Waals surface area contributed by atoms with Crippen LogP contribution in [0.4, 0.5) is 13.2 Å². The summed E-state index contributed by atoms with van der Waals surface area (Å²) < 4.78 is 48.8. The van der Waals surface area contributed by atoms with Gasteiger partial charge in [-0.2, -0.15) is 13.2 Å². The van der Waals surface area contributed by atoms with Gasteiger partial charge in [-0.25, -0.2) is 0 Å². The van der Waals surface area contributed by atoms with E-state index in [1.54, 1.807) is 7.11 Å². The molecule has 0 saturated carbocycles. The molecule has 1 heterocycles. The molecule has 0 bridgehead atoms. The van der Waals surface area contributed by atoms with E-state index in [0.29, 0.717) is 18.4 Å². The number of hydrogen-bond acceptors (Lipinski definition) is 4. The van der Waals surface area contributed by atoms with E-state index in [2.05, 4.69) is 17.6 Å². The smallest absolute Gasteiger partial charge is 0.416 e. The van der Waals surface area contributed by atoms with Gasteiger partial charge < -0.3 is 20.1 Å². The number of rotatable bonds is 7. The molecule has 3 rings (SSSR count). The van der Waals surface area contributed by atoms with E-state index in [1.165, 1.54) is 12.1 Å². The highest BCUT2D eigenvalue weighted by atomic mass is 19.4. The second-order valence-corrected chi connectivity index (χ2v) is 7.08. The maximum absolute atomic E-state index is 12.6. The van der Waals surface area contributed by atoms with E-state index in [9.17, 15) is 13.2 Å². The number of methoxy groups -OCH3 is 1. The highest BCUT2D eigenvalue weighted by Gasteiger charge is 2.32. The third-order valence-corrected chi connectivity index (χ3v) is 4.93.